The zero-order chi connectivity index (χ0) is 13.1. The summed E-state index contributed by atoms with van der Waals surface area (Å²) in [7, 11) is 1.62. The first-order valence-corrected chi connectivity index (χ1v) is 6.13. The van der Waals surface area contributed by atoms with Gasteiger partial charge in [-0.3, -0.25) is 0 Å². The second-order valence-corrected chi connectivity index (χ2v) is 4.41. The molecular formula is C13H16ClN3O. The highest BCUT2D eigenvalue weighted by Gasteiger charge is 2.11. The normalized spacial score (nSPS) is 10.7. The van der Waals surface area contributed by atoms with Gasteiger partial charge in [-0.25, -0.2) is 4.98 Å². The fourth-order valence-corrected chi connectivity index (χ4v) is 2.17. The smallest absolute Gasteiger partial charge is 0.145 e. The van der Waals surface area contributed by atoms with Crippen molar-refractivity contribution in [3.63, 3.8) is 0 Å². The van der Waals surface area contributed by atoms with E-state index in [0.29, 0.717) is 23.9 Å². The summed E-state index contributed by atoms with van der Waals surface area (Å²) < 4.78 is 5.32. The summed E-state index contributed by atoms with van der Waals surface area (Å²) >= 11 is 6.26. The molecule has 0 aliphatic carbocycles. The number of fused-ring (bicyclic) bond motifs is 1. The van der Waals surface area contributed by atoms with Crippen LogP contribution in [0, 0.1) is 6.92 Å². The van der Waals surface area contributed by atoms with Crippen LogP contribution in [0.4, 0.5) is 5.69 Å². The molecule has 2 rings (SSSR count). The molecule has 0 atom stereocenters. The van der Waals surface area contributed by atoms with Gasteiger partial charge in [-0.15, -0.1) is 0 Å². The van der Waals surface area contributed by atoms with Crippen LogP contribution in [0.25, 0.3) is 10.9 Å². The molecule has 96 valence electrons. The highest BCUT2D eigenvalue weighted by molar-refractivity contribution is 6.36. The molecule has 0 fully saturated rings. The van der Waals surface area contributed by atoms with Crippen LogP contribution in [-0.4, -0.2) is 25.2 Å². The third-order valence-corrected chi connectivity index (χ3v) is 3.00. The molecule has 1 aromatic carbocycles. The number of pyridine rings is 1. The van der Waals surface area contributed by atoms with Gasteiger partial charge in [0.15, 0.2) is 0 Å². The second kappa shape index (κ2) is 5.42. The average Bonchev–Trinajstić information content (AvgIpc) is 2.36. The third-order valence-electron chi connectivity index (χ3n) is 2.68. The summed E-state index contributed by atoms with van der Waals surface area (Å²) in [6.45, 7) is 3.18. The largest absolute Gasteiger partial charge is 0.494 e. The van der Waals surface area contributed by atoms with E-state index in [0.717, 1.165) is 22.3 Å². The molecule has 4 nitrogen and oxygen atoms in total. The van der Waals surface area contributed by atoms with E-state index < -0.39 is 0 Å². The van der Waals surface area contributed by atoms with Gasteiger partial charge in [-0.05, 0) is 25.1 Å². The van der Waals surface area contributed by atoms with Crippen LogP contribution >= 0.6 is 11.6 Å². The number of rotatable bonds is 4. The third kappa shape index (κ3) is 2.35. The fraction of sp³-hybridized carbons (Fsp3) is 0.308. The molecule has 5 heteroatoms. The van der Waals surface area contributed by atoms with Gasteiger partial charge in [0.2, 0.25) is 0 Å². The zero-order valence-electron chi connectivity index (χ0n) is 10.5. The van der Waals surface area contributed by atoms with Crippen molar-refractivity contribution < 1.29 is 4.74 Å². The molecule has 0 bridgehead atoms. The maximum absolute atomic E-state index is 6.26. The number of hydrogen-bond donors (Lipinski definition) is 2. The van der Waals surface area contributed by atoms with E-state index in [-0.39, 0.29) is 0 Å². The maximum atomic E-state index is 6.26. The summed E-state index contributed by atoms with van der Waals surface area (Å²) in [5, 5.41) is 4.79. The Balaban J connectivity index is 2.69. The molecule has 0 saturated carbocycles. The maximum Gasteiger partial charge on any atom is 0.145 e. The summed E-state index contributed by atoms with van der Waals surface area (Å²) in [6, 6.07) is 5.60. The van der Waals surface area contributed by atoms with Crippen molar-refractivity contribution in [2.75, 3.05) is 25.5 Å². The fourth-order valence-electron chi connectivity index (χ4n) is 1.92. The number of aromatic nitrogens is 1. The van der Waals surface area contributed by atoms with E-state index >= 15 is 0 Å². The molecule has 3 N–H and O–H groups in total. The van der Waals surface area contributed by atoms with E-state index in [2.05, 4.69) is 10.3 Å². The lowest BCUT2D eigenvalue weighted by atomic mass is 10.1. The van der Waals surface area contributed by atoms with Crippen molar-refractivity contribution in [2.45, 2.75) is 6.92 Å². The number of nitrogens with two attached hydrogens (primary N) is 1. The monoisotopic (exact) mass is 265 g/mol. The first kappa shape index (κ1) is 12.9. The number of hydrogen-bond acceptors (Lipinski definition) is 4. The molecule has 0 saturated heterocycles. The Bertz CT molecular complexity index is 572. The van der Waals surface area contributed by atoms with Gasteiger partial charge in [-0.2, -0.15) is 0 Å². The lowest BCUT2D eigenvalue weighted by molar-refractivity contribution is 0.419. The van der Waals surface area contributed by atoms with Crippen molar-refractivity contribution in [1.29, 1.82) is 0 Å². The van der Waals surface area contributed by atoms with E-state index in [1.165, 1.54) is 0 Å². The van der Waals surface area contributed by atoms with Gasteiger partial charge in [-0.1, -0.05) is 11.6 Å². The molecular weight excluding hydrogens is 250 g/mol. The van der Waals surface area contributed by atoms with Crippen LogP contribution in [0.1, 0.15) is 5.69 Å². The second-order valence-electron chi connectivity index (χ2n) is 4.00. The Hall–Kier alpha value is -1.52. The number of halogens is 1. The summed E-state index contributed by atoms with van der Waals surface area (Å²) in [5.41, 5.74) is 8.13. The molecule has 0 aliphatic heterocycles. The highest BCUT2D eigenvalue weighted by Crippen LogP contribution is 2.35. The van der Waals surface area contributed by atoms with Gasteiger partial charge in [0.1, 0.15) is 11.3 Å². The van der Waals surface area contributed by atoms with Gasteiger partial charge in [0.05, 0.1) is 12.1 Å². The zero-order valence-corrected chi connectivity index (χ0v) is 11.2. The predicted octanol–water partition coefficient (Wildman–Crippen LogP) is 2.58. The Morgan fingerprint density at radius 3 is 2.89 bits per heavy atom. The van der Waals surface area contributed by atoms with Crippen LogP contribution in [0.5, 0.6) is 5.75 Å². The summed E-state index contributed by atoms with van der Waals surface area (Å²) in [6.07, 6.45) is 0. The van der Waals surface area contributed by atoms with Gasteiger partial charge >= 0.3 is 0 Å². The minimum Gasteiger partial charge on any atom is -0.494 e. The Labute approximate surface area is 111 Å². The summed E-state index contributed by atoms with van der Waals surface area (Å²) in [4.78, 5) is 4.50. The van der Waals surface area contributed by atoms with E-state index in [9.17, 15) is 0 Å². The molecule has 2 aromatic rings. The van der Waals surface area contributed by atoms with Gasteiger partial charge < -0.3 is 15.8 Å². The first-order chi connectivity index (χ1) is 8.67. The molecule has 0 aliphatic rings. The van der Waals surface area contributed by atoms with Crippen molar-refractivity contribution in [3.05, 3.63) is 28.9 Å². The number of nitrogens with zero attached hydrogens (tertiary/aromatic N) is 1. The standard InChI is InChI=1S/C13H16ClN3O/c1-8-7-10(16-6-5-15)12-9(14)3-4-11(18-2)13(12)17-8/h3-4,7H,5-6,15H2,1-2H3,(H,16,17). The number of nitrogens with one attached hydrogen (secondary N) is 1. The molecule has 0 unspecified atom stereocenters. The topological polar surface area (TPSA) is 60.2 Å². The van der Waals surface area contributed by atoms with Crippen LogP contribution in [-0.2, 0) is 0 Å². The minimum atomic E-state index is 0.560. The van der Waals surface area contributed by atoms with Crippen molar-refractivity contribution >= 4 is 28.2 Å². The number of methoxy groups -OCH3 is 1. The lowest BCUT2D eigenvalue weighted by Gasteiger charge is -2.13. The van der Waals surface area contributed by atoms with Crippen LogP contribution < -0.4 is 15.8 Å². The Morgan fingerprint density at radius 2 is 2.22 bits per heavy atom. The molecule has 0 spiro atoms. The minimum absolute atomic E-state index is 0.560. The van der Waals surface area contributed by atoms with E-state index in [4.69, 9.17) is 22.1 Å². The molecule has 1 aromatic heterocycles. The lowest BCUT2D eigenvalue weighted by Crippen LogP contribution is -2.13. The molecule has 0 radical (unpaired) electrons. The van der Waals surface area contributed by atoms with Crippen molar-refractivity contribution in [1.82, 2.24) is 4.98 Å². The quantitative estimate of drug-likeness (QED) is 0.892. The number of benzene rings is 1. The SMILES string of the molecule is COc1ccc(Cl)c2c(NCCN)cc(C)nc12. The van der Waals surface area contributed by atoms with Crippen LogP contribution in [0.15, 0.2) is 18.2 Å². The number of ether oxygens (including phenoxy) is 1. The molecule has 1 heterocycles. The van der Waals surface area contributed by atoms with Gasteiger partial charge in [0.25, 0.3) is 0 Å². The van der Waals surface area contributed by atoms with Crippen molar-refractivity contribution in [2.24, 2.45) is 5.73 Å². The average molecular weight is 266 g/mol. The number of aryl methyl sites for hydroxylation is 1. The van der Waals surface area contributed by atoms with Crippen LogP contribution in [0.2, 0.25) is 5.02 Å². The highest BCUT2D eigenvalue weighted by atomic mass is 35.5. The predicted molar refractivity (Wildman–Crippen MR) is 75.6 cm³/mol. The van der Waals surface area contributed by atoms with Gasteiger partial charge in [0, 0.05) is 29.9 Å². The van der Waals surface area contributed by atoms with Crippen molar-refractivity contribution in [3.8, 4) is 5.75 Å². The number of anilines is 1. The summed E-state index contributed by atoms with van der Waals surface area (Å²) in [5.74, 6) is 0.717. The first-order valence-electron chi connectivity index (χ1n) is 5.75. The van der Waals surface area contributed by atoms with E-state index in [1.807, 2.05) is 25.1 Å². The molecule has 0 amide bonds. The Kier molecular flexibility index (Phi) is 3.89. The molecule has 18 heavy (non-hydrogen) atoms. The van der Waals surface area contributed by atoms with Crippen LogP contribution in [0.3, 0.4) is 0 Å². The Morgan fingerprint density at radius 1 is 1.44 bits per heavy atom. The van der Waals surface area contributed by atoms with E-state index in [1.54, 1.807) is 7.11 Å².